The lowest BCUT2D eigenvalue weighted by Gasteiger charge is -2.32. The molecule has 1 aromatic rings. The molecule has 0 saturated carbocycles. The first kappa shape index (κ1) is 19.3. The van der Waals surface area contributed by atoms with Crippen LogP contribution in [0.5, 0.6) is 0 Å². The second kappa shape index (κ2) is 8.45. The van der Waals surface area contributed by atoms with Crippen LogP contribution in [0.3, 0.4) is 0 Å². The summed E-state index contributed by atoms with van der Waals surface area (Å²) in [4.78, 5) is 38.3. The predicted molar refractivity (Wildman–Crippen MR) is 93.8 cm³/mol. The average molecular weight is 379 g/mol. The second-order valence-electron chi connectivity index (χ2n) is 7.04. The Labute approximate surface area is 156 Å². The highest BCUT2D eigenvalue weighted by Gasteiger charge is 2.31. The van der Waals surface area contributed by atoms with Gasteiger partial charge in [-0.15, -0.1) is 0 Å². The summed E-state index contributed by atoms with van der Waals surface area (Å²) in [5.41, 5.74) is -0.172. The minimum Gasteiger partial charge on any atom is -0.354 e. The molecule has 2 aliphatic heterocycles. The summed E-state index contributed by atoms with van der Waals surface area (Å²) in [5.74, 6) is -2.75. The van der Waals surface area contributed by atoms with Crippen molar-refractivity contribution in [2.75, 3.05) is 19.6 Å². The van der Waals surface area contributed by atoms with Crippen molar-refractivity contribution in [2.24, 2.45) is 5.92 Å². The zero-order chi connectivity index (χ0) is 19.4. The minimum absolute atomic E-state index is 0.153. The summed E-state index contributed by atoms with van der Waals surface area (Å²) >= 11 is 0. The Balaban J connectivity index is 1.54. The Hall–Kier alpha value is -2.51. The largest absolute Gasteiger partial charge is 0.354 e. The number of halogens is 2. The number of piperidine rings is 1. The van der Waals surface area contributed by atoms with Gasteiger partial charge in [0.2, 0.25) is 11.8 Å². The maximum atomic E-state index is 13.8. The standard InChI is InChI=1S/C19H23F2N3O3/c20-13-4-5-14(15(21)11-13)19(27)24-9-6-12(7-10-24)17(25)23-16-3-1-2-8-22-18(16)26/h4-5,11-12,16H,1-3,6-10H2,(H,22,26)(H,23,25)/t16-/m0/s1. The van der Waals surface area contributed by atoms with Gasteiger partial charge in [0.25, 0.3) is 5.91 Å². The number of rotatable bonds is 3. The van der Waals surface area contributed by atoms with Crippen LogP contribution in [0, 0.1) is 17.6 Å². The van der Waals surface area contributed by atoms with Gasteiger partial charge in [-0.2, -0.15) is 0 Å². The fraction of sp³-hybridized carbons (Fsp3) is 0.526. The van der Waals surface area contributed by atoms with Crippen molar-refractivity contribution in [2.45, 2.75) is 38.1 Å². The molecule has 3 amide bonds. The summed E-state index contributed by atoms with van der Waals surface area (Å²) in [6.07, 6.45) is 3.28. The van der Waals surface area contributed by atoms with Crippen LogP contribution in [-0.4, -0.2) is 48.3 Å². The van der Waals surface area contributed by atoms with Crippen LogP contribution in [0.4, 0.5) is 8.78 Å². The predicted octanol–water partition coefficient (Wildman–Crippen LogP) is 1.60. The van der Waals surface area contributed by atoms with Gasteiger partial charge >= 0.3 is 0 Å². The molecule has 0 aromatic heterocycles. The summed E-state index contributed by atoms with van der Waals surface area (Å²) in [6.45, 7) is 1.25. The third kappa shape index (κ3) is 4.61. The molecule has 0 aliphatic carbocycles. The topological polar surface area (TPSA) is 78.5 Å². The maximum absolute atomic E-state index is 13.8. The first-order valence-electron chi connectivity index (χ1n) is 9.28. The van der Waals surface area contributed by atoms with E-state index in [1.54, 1.807) is 0 Å². The van der Waals surface area contributed by atoms with Crippen LogP contribution in [0.15, 0.2) is 18.2 Å². The summed E-state index contributed by atoms with van der Waals surface area (Å²) in [7, 11) is 0. The molecule has 146 valence electrons. The van der Waals surface area contributed by atoms with Crippen LogP contribution >= 0.6 is 0 Å². The normalized spacial score (nSPS) is 21.3. The van der Waals surface area contributed by atoms with Crippen LogP contribution < -0.4 is 10.6 Å². The number of benzene rings is 1. The minimum atomic E-state index is -0.890. The number of carbonyl (C=O) groups is 3. The van der Waals surface area contributed by atoms with Gasteiger partial charge in [-0.3, -0.25) is 14.4 Å². The molecule has 1 aromatic carbocycles. The van der Waals surface area contributed by atoms with E-state index in [9.17, 15) is 23.2 Å². The molecule has 0 bridgehead atoms. The molecule has 1 atom stereocenters. The van der Waals surface area contributed by atoms with E-state index in [0.717, 1.165) is 25.0 Å². The number of carbonyl (C=O) groups excluding carboxylic acids is 3. The number of hydrogen-bond donors (Lipinski definition) is 2. The molecule has 0 spiro atoms. The number of nitrogens with one attached hydrogen (secondary N) is 2. The Bertz CT molecular complexity index is 733. The first-order valence-corrected chi connectivity index (χ1v) is 9.28. The monoisotopic (exact) mass is 379 g/mol. The van der Waals surface area contributed by atoms with Crippen molar-refractivity contribution in [3.8, 4) is 0 Å². The lowest BCUT2D eigenvalue weighted by molar-refractivity contribution is -0.131. The average Bonchev–Trinajstić information content (AvgIpc) is 2.86. The number of hydrogen-bond acceptors (Lipinski definition) is 3. The van der Waals surface area contributed by atoms with E-state index in [1.807, 2.05) is 0 Å². The molecule has 2 heterocycles. The molecule has 2 N–H and O–H groups in total. The molecule has 3 rings (SSSR count). The third-order valence-corrected chi connectivity index (χ3v) is 5.17. The third-order valence-electron chi connectivity index (χ3n) is 5.17. The molecule has 0 unspecified atom stereocenters. The Morgan fingerprint density at radius 1 is 1.11 bits per heavy atom. The van der Waals surface area contributed by atoms with Crippen LogP contribution in [-0.2, 0) is 9.59 Å². The molecular weight excluding hydrogens is 356 g/mol. The second-order valence-corrected chi connectivity index (χ2v) is 7.04. The maximum Gasteiger partial charge on any atom is 0.256 e. The van der Waals surface area contributed by atoms with Gasteiger partial charge in [-0.1, -0.05) is 0 Å². The van der Waals surface area contributed by atoms with Gasteiger partial charge in [-0.25, -0.2) is 8.78 Å². The van der Waals surface area contributed by atoms with Gasteiger partial charge in [-0.05, 0) is 44.2 Å². The van der Waals surface area contributed by atoms with Gasteiger partial charge < -0.3 is 15.5 Å². The molecule has 6 nitrogen and oxygen atoms in total. The quantitative estimate of drug-likeness (QED) is 0.837. The summed E-state index contributed by atoms with van der Waals surface area (Å²) in [5, 5.41) is 5.60. The van der Waals surface area contributed by atoms with E-state index < -0.39 is 23.6 Å². The molecule has 27 heavy (non-hydrogen) atoms. The van der Waals surface area contributed by atoms with Crippen molar-refractivity contribution in [1.29, 1.82) is 0 Å². The lowest BCUT2D eigenvalue weighted by Crippen LogP contribution is -2.49. The van der Waals surface area contributed by atoms with Crippen molar-refractivity contribution in [3.05, 3.63) is 35.4 Å². The molecule has 2 saturated heterocycles. The smallest absolute Gasteiger partial charge is 0.256 e. The number of likely N-dealkylation sites (tertiary alicyclic amines) is 1. The fourth-order valence-corrected chi connectivity index (χ4v) is 3.54. The van der Waals surface area contributed by atoms with Crippen molar-refractivity contribution in [1.82, 2.24) is 15.5 Å². The fourth-order valence-electron chi connectivity index (χ4n) is 3.54. The van der Waals surface area contributed by atoms with Crippen LogP contribution in [0.25, 0.3) is 0 Å². The van der Waals surface area contributed by atoms with E-state index in [2.05, 4.69) is 10.6 Å². The lowest BCUT2D eigenvalue weighted by atomic mass is 9.94. The Morgan fingerprint density at radius 2 is 1.85 bits per heavy atom. The molecule has 0 radical (unpaired) electrons. The zero-order valence-corrected chi connectivity index (χ0v) is 15.0. The highest BCUT2D eigenvalue weighted by atomic mass is 19.1. The highest BCUT2D eigenvalue weighted by molar-refractivity contribution is 5.94. The summed E-state index contributed by atoms with van der Waals surface area (Å²) < 4.78 is 26.8. The van der Waals surface area contributed by atoms with Crippen LogP contribution in [0.2, 0.25) is 0 Å². The first-order chi connectivity index (χ1) is 13.0. The van der Waals surface area contributed by atoms with Gasteiger partial charge in [0, 0.05) is 31.6 Å². The van der Waals surface area contributed by atoms with E-state index >= 15 is 0 Å². The molecule has 2 aliphatic rings. The van der Waals surface area contributed by atoms with Gasteiger partial charge in [0.05, 0.1) is 5.56 Å². The van der Waals surface area contributed by atoms with Gasteiger partial charge in [0.15, 0.2) is 0 Å². The Kier molecular flexibility index (Phi) is 6.03. The number of nitrogens with zero attached hydrogens (tertiary/aromatic N) is 1. The van der Waals surface area contributed by atoms with E-state index in [4.69, 9.17) is 0 Å². The molecular formula is C19H23F2N3O3. The van der Waals surface area contributed by atoms with Crippen molar-refractivity contribution >= 4 is 17.7 Å². The van der Waals surface area contributed by atoms with Crippen molar-refractivity contribution < 1.29 is 23.2 Å². The Morgan fingerprint density at radius 3 is 2.56 bits per heavy atom. The van der Waals surface area contributed by atoms with Crippen molar-refractivity contribution in [3.63, 3.8) is 0 Å². The summed E-state index contributed by atoms with van der Waals surface area (Å²) in [6, 6.07) is 2.36. The molecule has 2 fully saturated rings. The van der Waals surface area contributed by atoms with E-state index in [1.165, 1.54) is 4.90 Å². The highest BCUT2D eigenvalue weighted by Crippen LogP contribution is 2.21. The zero-order valence-electron chi connectivity index (χ0n) is 15.0. The SMILES string of the molecule is O=C(N[C@H]1CCCCNC1=O)C1CCN(C(=O)c2ccc(F)cc2F)CC1. The van der Waals surface area contributed by atoms with Gasteiger partial charge in [0.1, 0.15) is 17.7 Å². The van der Waals surface area contributed by atoms with Crippen LogP contribution in [0.1, 0.15) is 42.5 Å². The molecule has 8 heteroatoms. The van der Waals surface area contributed by atoms with E-state index in [0.29, 0.717) is 45.0 Å². The number of amides is 3. The van der Waals surface area contributed by atoms with E-state index in [-0.39, 0.29) is 23.3 Å².